The predicted molar refractivity (Wildman–Crippen MR) is 112 cm³/mol. The first-order valence-electron chi connectivity index (χ1n) is 9.85. The Morgan fingerprint density at radius 1 is 1.23 bits per heavy atom. The van der Waals surface area contributed by atoms with E-state index in [1.165, 1.54) is 0 Å². The van der Waals surface area contributed by atoms with Crippen molar-refractivity contribution < 1.29 is 23.6 Å². The van der Waals surface area contributed by atoms with Crippen LogP contribution in [-0.4, -0.2) is 35.6 Å². The summed E-state index contributed by atoms with van der Waals surface area (Å²) in [6, 6.07) is 12.0. The Morgan fingerprint density at radius 2 is 2.03 bits per heavy atom. The lowest BCUT2D eigenvalue weighted by Gasteiger charge is -2.20. The maximum atomic E-state index is 12.7. The third-order valence-corrected chi connectivity index (χ3v) is 4.86. The van der Waals surface area contributed by atoms with Gasteiger partial charge in [-0.15, -0.1) is 0 Å². The van der Waals surface area contributed by atoms with Crippen LogP contribution in [0.1, 0.15) is 34.9 Å². The van der Waals surface area contributed by atoms with Gasteiger partial charge in [-0.2, -0.15) is 4.98 Å². The second kappa shape index (κ2) is 8.86. The van der Waals surface area contributed by atoms with Gasteiger partial charge < -0.3 is 24.2 Å². The summed E-state index contributed by atoms with van der Waals surface area (Å²) in [6.45, 7) is 2.52. The van der Waals surface area contributed by atoms with Crippen molar-refractivity contribution in [3.8, 4) is 11.5 Å². The second-order valence-electron chi connectivity index (χ2n) is 7.03. The minimum Gasteiger partial charge on any atom is -0.495 e. The van der Waals surface area contributed by atoms with Gasteiger partial charge >= 0.3 is 0 Å². The largest absolute Gasteiger partial charge is 0.495 e. The summed E-state index contributed by atoms with van der Waals surface area (Å²) in [7, 11) is 1.56. The van der Waals surface area contributed by atoms with Crippen molar-refractivity contribution in [2.45, 2.75) is 26.4 Å². The molecule has 0 atom stereocenters. The number of carbonyl (C=O) groups excluding carboxylic acids is 2. The number of aryl methyl sites for hydroxylation is 1. The van der Waals surface area contributed by atoms with Gasteiger partial charge in [-0.25, -0.2) is 0 Å². The Morgan fingerprint density at radius 3 is 2.68 bits per heavy atom. The molecule has 2 amide bonds. The Balaban J connectivity index is 1.42. The van der Waals surface area contributed by atoms with Crippen molar-refractivity contribution in [3.63, 3.8) is 0 Å². The van der Waals surface area contributed by atoms with Crippen LogP contribution in [0.3, 0.4) is 0 Å². The van der Waals surface area contributed by atoms with E-state index >= 15 is 0 Å². The van der Waals surface area contributed by atoms with Crippen molar-refractivity contribution in [2.75, 3.05) is 23.9 Å². The standard InChI is InChI=1S/C22H22N4O5/c1-14-23-20(25-31-14)13-30-17-8-5-15(6-9-17)22(28)24-16-7-10-19(29-2)18(12-16)26-11-3-4-21(26)27/h5-10,12H,3-4,11,13H2,1-2H3,(H,24,28). The first-order valence-corrected chi connectivity index (χ1v) is 9.85. The number of amides is 2. The highest BCUT2D eigenvalue weighted by atomic mass is 16.5. The van der Waals surface area contributed by atoms with Crippen LogP contribution in [0.25, 0.3) is 0 Å². The first-order chi connectivity index (χ1) is 15.0. The van der Waals surface area contributed by atoms with E-state index in [0.717, 1.165) is 6.42 Å². The zero-order valence-corrected chi connectivity index (χ0v) is 17.3. The SMILES string of the molecule is COc1ccc(NC(=O)c2ccc(OCc3noc(C)n3)cc2)cc1N1CCCC1=O. The molecule has 1 saturated heterocycles. The van der Waals surface area contributed by atoms with Crippen LogP contribution >= 0.6 is 0 Å². The molecule has 1 aliphatic heterocycles. The zero-order valence-electron chi connectivity index (χ0n) is 17.3. The van der Waals surface area contributed by atoms with Crippen molar-refractivity contribution in [2.24, 2.45) is 0 Å². The lowest BCUT2D eigenvalue weighted by molar-refractivity contribution is -0.117. The number of anilines is 2. The Kier molecular flexibility index (Phi) is 5.83. The lowest BCUT2D eigenvalue weighted by Crippen LogP contribution is -2.24. The van der Waals surface area contributed by atoms with E-state index in [4.69, 9.17) is 14.0 Å². The summed E-state index contributed by atoms with van der Waals surface area (Å²) in [5, 5.41) is 6.63. The van der Waals surface area contributed by atoms with Gasteiger partial charge in [0.25, 0.3) is 5.91 Å². The van der Waals surface area contributed by atoms with Crippen molar-refractivity contribution >= 4 is 23.2 Å². The number of nitrogens with zero attached hydrogens (tertiary/aromatic N) is 3. The number of nitrogens with one attached hydrogen (secondary N) is 1. The maximum absolute atomic E-state index is 12.7. The van der Waals surface area contributed by atoms with E-state index in [1.807, 2.05) is 0 Å². The van der Waals surface area contributed by atoms with Gasteiger partial charge in [-0.05, 0) is 48.9 Å². The van der Waals surface area contributed by atoms with Crippen molar-refractivity contribution in [1.29, 1.82) is 0 Å². The minimum absolute atomic E-state index is 0.0494. The molecular weight excluding hydrogens is 400 g/mol. The first kappa shape index (κ1) is 20.4. The van der Waals surface area contributed by atoms with Crippen LogP contribution in [0, 0.1) is 6.92 Å². The third-order valence-electron chi connectivity index (χ3n) is 4.86. The number of hydrogen-bond acceptors (Lipinski definition) is 7. The summed E-state index contributed by atoms with van der Waals surface area (Å²) in [5.41, 5.74) is 1.70. The molecule has 31 heavy (non-hydrogen) atoms. The third kappa shape index (κ3) is 4.66. The van der Waals surface area contributed by atoms with Gasteiger partial charge in [0, 0.05) is 31.1 Å². The van der Waals surface area contributed by atoms with Crippen LogP contribution in [0.5, 0.6) is 11.5 Å². The predicted octanol–water partition coefficient (Wildman–Crippen LogP) is 3.34. The number of rotatable bonds is 7. The monoisotopic (exact) mass is 422 g/mol. The zero-order chi connectivity index (χ0) is 21.8. The average Bonchev–Trinajstić information content (AvgIpc) is 3.40. The minimum atomic E-state index is -0.274. The van der Waals surface area contributed by atoms with Gasteiger partial charge in [-0.1, -0.05) is 5.16 Å². The maximum Gasteiger partial charge on any atom is 0.255 e. The van der Waals surface area contributed by atoms with Crippen molar-refractivity contribution in [3.05, 3.63) is 59.7 Å². The number of hydrogen-bond donors (Lipinski definition) is 1. The highest BCUT2D eigenvalue weighted by Gasteiger charge is 2.25. The summed E-state index contributed by atoms with van der Waals surface area (Å²) >= 11 is 0. The molecule has 3 aromatic rings. The van der Waals surface area contributed by atoms with Gasteiger partial charge in [-0.3, -0.25) is 9.59 Å². The average molecular weight is 422 g/mol. The highest BCUT2D eigenvalue weighted by molar-refractivity contribution is 6.05. The summed E-state index contributed by atoms with van der Waals surface area (Å²) in [4.78, 5) is 30.6. The van der Waals surface area contributed by atoms with E-state index in [1.54, 1.807) is 61.4 Å². The van der Waals surface area contributed by atoms with E-state index in [2.05, 4.69) is 15.5 Å². The molecule has 0 bridgehead atoms. The van der Waals surface area contributed by atoms with Gasteiger partial charge in [0.1, 0.15) is 11.5 Å². The number of ether oxygens (including phenoxy) is 2. The molecule has 0 unspecified atom stereocenters. The molecule has 1 aliphatic rings. The van der Waals surface area contributed by atoms with Crippen LogP contribution in [0.15, 0.2) is 47.0 Å². The summed E-state index contributed by atoms with van der Waals surface area (Å²) < 4.78 is 15.9. The van der Waals surface area contributed by atoms with E-state index in [0.29, 0.717) is 53.1 Å². The summed E-state index contributed by atoms with van der Waals surface area (Å²) in [6.07, 6.45) is 1.32. The van der Waals surface area contributed by atoms with Crippen LogP contribution in [0.2, 0.25) is 0 Å². The van der Waals surface area contributed by atoms with Gasteiger partial charge in [0.05, 0.1) is 12.8 Å². The molecule has 4 rings (SSSR count). The smallest absolute Gasteiger partial charge is 0.255 e. The molecule has 1 N–H and O–H groups in total. The molecule has 0 spiro atoms. The Labute approximate surface area is 179 Å². The molecule has 2 heterocycles. The van der Waals surface area contributed by atoms with Gasteiger partial charge in [0.15, 0.2) is 6.61 Å². The number of carbonyl (C=O) groups is 2. The lowest BCUT2D eigenvalue weighted by atomic mass is 10.2. The quantitative estimate of drug-likeness (QED) is 0.622. The molecule has 0 radical (unpaired) electrons. The Bertz CT molecular complexity index is 1090. The summed E-state index contributed by atoms with van der Waals surface area (Å²) in [5.74, 6) is 1.87. The fourth-order valence-corrected chi connectivity index (χ4v) is 3.34. The van der Waals surface area contributed by atoms with Crippen molar-refractivity contribution in [1.82, 2.24) is 10.1 Å². The molecule has 2 aromatic carbocycles. The van der Waals surface area contributed by atoms with Crippen LogP contribution < -0.4 is 19.7 Å². The number of methoxy groups -OCH3 is 1. The van der Waals surface area contributed by atoms with Crippen LogP contribution in [-0.2, 0) is 11.4 Å². The molecule has 160 valence electrons. The number of benzene rings is 2. The molecule has 0 aliphatic carbocycles. The second-order valence-corrected chi connectivity index (χ2v) is 7.03. The van der Waals surface area contributed by atoms with E-state index < -0.39 is 0 Å². The normalized spacial score (nSPS) is 13.4. The van der Waals surface area contributed by atoms with E-state index in [-0.39, 0.29) is 18.4 Å². The molecule has 1 fully saturated rings. The molecule has 0 saturated carbocycles. The molecular formula is C22H22N4O5. The Hall–Kier alpha value is -3.88. The molecule has 9 heteroatoms. The topological polar surface area (TPSA) is 107 Å². The van der Waals surface area contributed by atoms with E-state index in [9.17, 15) is 9.59 Å². The number of aromatic nitrogens is 2. The highest BCUT2D eigenvalue weighted by Crippen LogP contribution is 2.34. The molecule has 9 nitrogen and oxygen atoms in total. The van der Waals surface area contributed by atoms with Crippen LogP contribution in [0.4, 0.5) is 11.4 Å². The fraction of sp³-hybridized carbons (Fsp3) is 0.273. The molecule has 1 aromatic heterocycles. The van der Waals surface area contributed by atoms with Gasteiger partial charge in [0.2, 0.25) is 17.6 Å². The fourth-order valence-electron chi connectivity index (χ4n) is 3.34.